The molecule has 1 atom stereocenters. The van der Waals surface area contributed by atoms with Crippen molar-refractivity contribution in [3.05, 3.63) is 35.4 Å². The minimum atomic E-state index is 0.650. The molecule has 1 aromatic carbocycles. The monoisotopic (exact) mass is 244 g/mol. The average molecular weight is 244 g/mol. The first-order valence-corrected chi connectivity index (χ1v) is 7.26. The average Bonchev–Trinajstić information content (AvgIpc) is 3.14. The summed E-state index contributed by atoms with van der Waals surface area (Å²) in [4.78, 5) is 2.54. The lowest BCUT2D eigenvalue weighted by molar-refractivity contribution is 0.236. The van der Waals surface area contributed by atoms with Gasteiger partial charge in [-0.25, -0.2) is 0 Å². The highest BCUT2D eigenvalue weighted by atomic mass is 15.2. The molecule has 0 aliphatic heterocycles. The lowest BCUT2D eigenvalue weighted by atomic mass is 10.1. The second-order valence-electron chi connectivity index (χ2n) is 6.03. The molecule has 0 aromatic heterocycles. The van der Waals surface area contributed by atoms with Crippen molar-refractivity contribution >= 4 is 0 Å². The predicted octanol–water partition coefficient (Wildman–Crippen LogP) is 2.23. The molecule has 1 N–H and O–H groups in total. The van der Waals surface area contributed by atoms with E-state index >= 15 is 0 Å². The molecule has 1 saturated carbocycles. The van der Waals surface area contributed by atoms with Crippen LogP contribution in [0.3, 0.4) is 0 Å². The van der Waals surface area contributed by atoms with Crippen LogP contribution in [0.15, 0.2) is 24.3 Å². The highest BCUT2D eigenvalue weighted by molar-refractivity contribution is 5.33. The Kier molecular flexibility index (Phi) is 3.40. The highest BCUT2D eigenvalue weighted by Crippen LogP contribution is 2.27. The molecule has 2 aliphatic carbocycles. The molecule has 0 amide bonds. The number of hydrogen-bond donors (Lipinski definition) is 1. The van der Waals surface area contributed by atoms with Gasteiger partial charge in [0.1, 0.15) is 0 Å². The lowest BCUT2D eigenvalue weighted by Gasteiger charge is -2.26. The molecular formula is C16H24N2. The van der Waals surface area contributed by atoms with E-state index in [4.69, 9.17) is 0 Å². The number of nitrogens with zero attached hydrogens (tertiary/aromatic N) is 1. The third-order valence-electron chi connectivity index (χ3n) is 4.57. The van der Waals surface area contributed by atoms with E-state index in [2.05, 4.69) is 48.5 Å². The van der Waals surface area contributed by atoms with E-state index in [1.807, 2.05) is 0 Å². The zero-order valence-electron chi connectivity index (χ0n) is 11.5. The van der Waals surface area contributed by atoms with Gasteiger partial charge < -0.3 is 5.32 Å². The van der Waals surface area contributed by atoms with Crippen LogP contribution >= 0.6 is 0 Å². The van der Waals surface area contributed by atoms with Gasteiger partial charge >= 0.3 is 0 Å². The predicted molar refractivity (Wildman–Crippen MR) is 75.9 cm³/mol. The summed E-state index contributed by atoms with van der Waals surface area (Å²) in [7, 11) is 2.27. The maximum Gasteiger partial charge on any atom is 0.0192 e. The standard InChI is InChI=1S/C16H24N2/c1-12(18(2)16-7-8-16)11-17-15-9-13-5-3-4-6-14(13)10-15/h3-6,12,15-17H,7-11H2,1-2H3. The van der Waals surface area contributed by atoms with Gasteiger partial charge in [-0.3, -0.25) is 4.90 Å². The Morgan fingerprint density at radius 1 is 1.22 bits per heavy atom. The minimum absolute atomic E-state index is 0.650. The van der Waals surface area contributed by atoms with Crippen LogP contribution < -0.4 is 5.32 Å². The molecule has 2 heteroatoms. The summed E-state index contributed by atoms with van der Waals surface area (Å²) >= 11 is 0. The topological polar surface area (TPSA) is 15.3 Å². The number of rotatable bonds is 5. The van der Waals surface area contributed by atoms with Crippen LogP contribution in [0.2, 0.25) is 0 Å². The number of fused-ring (bicyclic) bond motifs is 1. The van der Waals surface area contributed by atoms with Gasteiger partial charge in [0.15, 0.2) is 0 Å². The number of benzene rings is 1. The third kappa shape index (κ3) is 2.60. The smallest absolute Gasteiger partial charge is 0.0192 e. The summed E-state index contributed by atoms with van der Waals surface area (Å²) in [5.41, 5.74) is 3.08. The Morgan fingerprint density at radius 3 is 2.39 bits per heavy atom. The zero-order valence-corrected chi connectivity index (χ0v) is 11.5. The fraction of sp³-hybridized carbons (Fsp3) is 0.625. The second-order valence-corrected chi connectivity index (χ2v) is 6.03. The van der Waals surface area contributed by atoms with Crippen LogP contribution in [-0.2, 0) is 12.8 Å². The van der Waals surface area contributed by atoms with Gasteiger partial charge in [0.05, 0.1) is 0 Å². The molecule has 2 aliphatic rings. The van der Waals surface area contributed by atoms with Crippen LogP contribution in [0.5, 0.6) is 0 Å². The fourth-order valence-electron chi connectivity index (χ4n) is 3.03. The Morgan fingerprint density at radius 2 is 1.83 bits per heavy atom. The largest absolute Gasteiger partial charge is 0.312 e. The Balaban J connectivity index is 1.48. The molecular weight excluding hydrogens is 220 g/mol. The second kappa shape index (κ2) is 5.02. The quantitative estimate of drug-likeness (QED) is 0.854. The van der Waals surface area contributed by atoms with Crippen molar-refractivity contribution in [3.8, 4) is 0 Å². The summed E-state index contributed by atoms with van der Waals surface area (Å²) < 4.78 is 0. The first kappa shape index (κ1) is 12.2. The third-order valence-corrected chi connectivity index (χ3v) is 4.57. The van der Waals surface area contributed by atoms with Crippen molar-refractivity contribution in [2.75, 3.05) is 13.6 Å². The van der Waals surface area contributed by atoms with E-state index in [1.165, 1.54) is 25.7 Å². The SMILES string of the molecule is CC(CNC1Cc2ccccc2C1)N(C)C1CC1. The molecule has 0 bridgehead atoms. The summed E-state index contributed by atoms with van der Waals surface area (Å²) in [6, 6.07) is 11.0. The molecule has 0 heterocycles. The Bertz CT molecular complexity index is 386. The van der Waals surface area contributed by atoms with Gasteiger partial charge in [-0.15, -0.1) is 0 Å². The van der Waals surface area contributed by atoms with E-state index in [0.29, 0.717) is 12.1 Å². The molecule has 1 unspecified atom stereocenters. The van der Waals surface area contributed by atoms with Gasteiger partial charge in [-0.2, -0.15) is 0 Å². The number of nitrogens with one attached hydrogen (secondary N) is 1. The fourth-order valence-corrected chi connectivity index (χ4v) is 3.03. The van der Waals surface area contributed by atoms with Crippen LogP contribution in [-0.4, -0.2) is 36.6 Å². The zero-order chi connectivity index (χ0) is 12.5. The van der Waals surface area contributed by atoms with Crippen molar-refractivity contribution < 1.29 is 0 Å². The molecule has 0 saturated heterocycles. The maximum atomic E-state index is 3.75. The Labute approximate surface area is 110 Å². The summed E-state index contributed by atoms with van der Waals surface area (Å²) in [6.45, 7) is 3.46. The van der Waals surface area contributed by atoms with Crippen molar-refractivity contribution in [1.29, 1.82) is 0 Å². The van der Waals surface area contributed by atoms with Crippen molar-refractivity contribution in [1.82, 2.24) is 10.2 Å². The van der Waals surface area contributed by atoms with E-state index in [-0.39, 0.29) is 0 Å². The van der Waals surface area contributed by atoms with Gasteiger partial charge in [-0.05, 0) is 50.8 Å². The molecule has 1 fully saturated rings. The van der Waals surface area contributed by atoms with Gasteiger partial charge in [-0.1, -0.05) is 24.3 Å². The molecule has 1 aromatic rings. The summed E-state index contributed by atoms with van der Waals surface area (Å²) in [5.74, 6) is 0. The molecule has 2 nitrogen and oxygen atoms in total. The van der Waals surface area contributed by atoms with E-state index < -0.39 is 0 Å². The van der Waals surface area contributed by atoms with Crippen molar-refractivity contribution in [2.24, 2.45) is 0 Å². The van der Waals surface area contributed by atoms with Crippen LogP contribution in [0, 0.1) is 0 Å². The highest BCUT2D eigenvalue weighted by Gasteiger charge is 2.29. The van der Waals surface area contributed by atoms with Crippen molar-refractivity contribution in [3.63, 3.8) is 0 Å². The first-order valence-electron chi connectivity index (χ1n) is 7.26. The van der Waals surface area contributed by atoms with Crippen LogP contribution in [0.4, 0.5) is 0 Å². The summed E-state index contributed by atoms with van der Waals surface area (Å²) in [5, 5.41) is 3.75. The molecule has 98 valence electrons. The molecule has 0 radical (unpaired) electrons. The van der Waals surface area contributed by atoms with Gasteiger partial charge in [0.2, 0.25) is 0 Å². The number of likely N-dealkylation sites (N-methyl/N-ethyl adjacent to an activating group) is 1. The maximum absolute atomic E-state index is 3.75. The Hall–Kier alpha value is -0.860. The molecule has 3 rings (SSSR count). The van der Waals surface area contributed by atoms with Crippen LogP contribution in [0.25, 0.3) is 0 Å². The number of hydrogen-bond acceptors (Lipinski definition) is 2. The van der Waals surface area contributed by atoms with E-state index in [0.717, 1.165) is 12.6 Å². The minimum Gasteiger partial charge on any atom is -0.312 e. The van der Waals surface area contributed by atoms with Crippen LogP contribution in [0.1, 0.15) is 30.9 Å². The molecule has 18 heavy (non-hydrogen) atoms. The van der Waals surface area contributed by atoms with Crippen molar-refractivity contribution in [2.45, 2.75) is 50.7 Å². The normalized spacial score (nSPS) is 21.3. The summed E-state index contributed by atoms with van der Waals surface area (Å²) in [6.07, 6.45) is 5.21. The first-order chi connectivity index (χ1) is 8.74. The van der Waals surface area contributed by atoms with E-state index in [9.17, 15) is 0 Å². The lowest BCUT2D eigenvalue weighted by Crippen LogP contribution is -2.43. The van der Waals surface area contributed by atoms with Gasteiger partial charge in [0.25, 0.3) is 0 Å². The molecule has 0 spiro atoms. The van der Waals surface area contributed by atoms with Gasteiger partial charge in [0, 0.05) is 24.7 Å². The van der Waals surface area contributed by atoms with E-state index in [1.54, 1.807) is 11.1 Å².